The second-order valence-electron chi connectivity index (χ2n) is 6.72. The Hall–Kier alpha value is -3.81. The topological polar surface area (TPSA) is 96.3 Å². The summed E-state index contributed by atoms with van der Waals surface area (Å²) in [5.74, 6) is 1.62. The largest absolute Gasteiger partial charge is 0.497 e. The van der Waals surface area contributed by atoms with Crippen LogP contribution < -0.4 is 20.9 Å². The van der Waals surface area contributed by atoms with Gasteiger partial charge in [0.05, 0.1) is 19.3 Å². The molecule has 0 fully saturated rings. The molecule has 0 atom stereocenters. The lowest BCUT2D eigenvalue weighted by atomic mass is 10.2. The van der Waals surface area contributed by atoms with Crippen molar-refractivity contribution >= 4 is 17.4 Å². The Bertz CT molecular complexity index is 1180. The molecule has 0 saturated heterocycles. The second-order valence-corrected chi connectivity index (χ2v) is 6.72. The summed E-state index contributed by atoms with van der Waals surface area (Å²) in [5.41, 5.74) is 3.63. The van der Waals surface area contributed by atoms with Gasteiger partial charge in [0.1, 0.15) is 5.75 Å². The van der Waals surface area contributed by atoms with Crippen molar-refractivity contribution in [1.29, 1.82) is 0 Å². The van der Waals surface area contributed by atoms with Gasteiger partial charge in [0, 0.05) is 18.3 Å². The maximum atomic E-state index is 12.4. The summed E-state index contributed by atoms with van der Waals surface area (Å²) in [6, 6.07) is 17.3. The van der Waals surface area contributed by atoms with Crippen LogP contribution >= 0.6 is 0 Å². The SMILES string of the molecule is COc1ccc(CNc2nc3nc(CNc4cccc(C)c4)cc(=O)n3[nH]2)cc1. The van der Waals surface area contributed by atoms with E-state index in [1.807, 2.05) is 55.5 Å². The molecule has 8 nitrogen and oxygen atoms in total. The number of hydrogen-bond acceptors (Lipinski definition) is 6. The lowest BCUT2D eigenvalue weighted by molar-refractivity contribution is 0.414. The van der Waals surface area contributed by atoms with Gasteiger partial charge in [0.15, 0.2) is 0 Å². The lowest BCUT2D eigenvalue weighted by Gasteiger charge is -2.06. The van der Waals surface area contributed by atoms with Crippen LogP contribution in [0.4, 0.5) is 11.6 Å². The molecule has 2 aromatic carbocycles. The van der Waals surface area contributed by atoms with E-state index in [9.17, 15) is 4.79 Å². The van der Waals surface area contributed by atoms with Crippen LogP contribution in [0, 0.1) is 6.92 Å². The Morgan fingerprint density at radius 3 is 2.62 bits per heavy atom. The predicted octanol–water partition coefficient (Wildman–Crippen LogP) is 2.96. The highest BCUT2D eigenvalue weighted by molar-refractivity contribution is 5.46. The molecular formula is C21H22N6O2. The van der Waals surface area contributed by atoms with Crippen molar-refractivity contribution in [3.8, 4) is 5.75 Å². The smallest absolute Gasteiger partial charge is 0.274 e. The molecule has 0 aliphatic carbocycles. The molecule has 2 heterocycles. The first-order valence-electron chi connectivity index (χ1n) is 9.27. The highest BCUT2D eigenvalue weighted by Gasteiger charge is 2.08. The van der Waals surface area contributed by atoms with Gasteiger partial charge in [0.25, 0.3) is 11.3 Å². The molecule has 0 aliphatic heterocycles. The van der Waals surface area contributed by atoms with Gasteiger partial charge in [-0.2, -0.15) is 9.50 Å². The fraction of sp³-hybridized carbons (Fsp3) is 0.190. The molecule has 0 amide bonds. The van der Waals surface area contributed by atoms with Gasteiger partial charge in [-0.15, -0.1) is 0 Å². The minimum Gasteiger partial charge on any atom is -0.497 e. The normalized spacial score (nSPS) is 10.8. The van der Waals surface area contributed by atoms with Crippen molar-refractivity contribution in [2.24, 2.45) is 0 Å². The van der Waals surface area contributed by atoms with Crippen LogP contribution in [0.25, 0.3) is 5.78 Å². The molecule has 0 bridgehead atoms. The number of anilines is 2. The number of H-pyrrole nitrogens is 1. The maximum Gasteiger partial charge on any atom is 0.274 e. The third-order valence-electron chi connectivity index (χ3n) is 4.49. The second kappa shape index (κ2) is 8.05. The summed E-state index contributed by atoms with van der Waals surface area (Å²) < 4.78 is 6.49. The molecule has 0 aliphatic rings. The Morgan fingerprint density at radius 1 is 1.03 bits per heavy atom. The number of aryl methyl sites for hydroxylation is 1. The van der Waals surface area contributed by atoms with E-state index in [1.165, 1.54) is 16.1 Å². The van der Waals surface area contributed by atoms with Gasteiger partial charge < -0.3 is 15.4 Å². The fourth-order valence-corrected chi connectivity index (χ4v) is 2.97. The molecule has 0 saturated carbocycles. The predicted molar refractivity (Wildman–Crippen MR) is 112 cm³/mol. The van der Waals surface area contributed by atoms with Crippen LogP contribution in [0.5, 0.6) is 5.75 Å². The van der Waals surface area contributed by atoms with Crippen molar-refractivity contribution in [2.75, 3.05) is 17.7 Å². The molecule has 148 valence electrons. The monoisotopic (exact) mass is 390 g/mol. The molecular weight excluding hydrogens is 368 g/mol. The standard InChI is InChI=1S/C21H22N6O2/c1-14-4-3-5-16(10-14)22-13-17-11-19(28)27-21(24-17)25-20(26-27)23-12-15-6-8-18(29-2)9-7-15/h3-11,22H,12-13H2,1-2H3,(H2,23,24,25,26). The summed E-state index contributed by atoms with van der Waals surface area (Å²) in [4.78, 5) is 21.3. The summed E-state index contributed by atoms with van der Waals surface area (Å²) in [7, 11) is 1.64. The number of rotatable bonds is 7. The molecule has 0 radical (unpaired) electrons. The van der Waals surface area contributed by atoms with E-state index < -0.39 is 0 Å². The molecule has 2 aromatic heterocycles. The minimum atomic E-state index is -0.207. The maximum absolute atomic E-state index is 12.4. The minimum absolute atomic E-state index is 0.207. The van der Waals surface area contributed by atoms with Crippen LogP contribution in [0.1, 0.15) is 16.8 Å². The molecule has 3 N–H and O–H groups in total. The van der Waals surface area contributed by atoms with Gasteiger partial charge in [-0.1, -0.05) is 24.3 Å². The van der Waals surface area contributed by atoms with Crippen molar-refractivity contribution in [2.45, 2.75) is 20.0 Å². The van der Waals surface area contributed by atoms with E-state index in [1.54, 1.807) is 7.11 Å². The van der Waals surface area contributed by atoms with Crippen molar-refractivity contribution in [1.82, 2.24) is 19.6 Å². The summed E-state index contributed by atoms with van der Waals surface area (Å²) in [5, 5.41) is 9.40. The molecule has 4 rings (SSSR count). The van der Waals surface area contributed by atoms with E-state index in [4.69, 9.17) is 4.74 Å². The number of ether oxygens (including phenoxy) is 1. The molecule has 8 heteroatoms. The Kier molecular flexibility index (Phi) is 5.15. The molecule has 4 aromatic rings. The third-order valence-corrected chi connectivity index (χ3v) is 4.49. The summed E-state index contributed by atoms with van der Waals surface area (Å²) in [6.45, 7) is 3.03. The van der Waals surface area contributed by atoms with E-state index >= 15 is 0 Å². The Labute approximate surface area is 167 Å². The highest BCUT2D eigenvalue weighted by atomic mass is 16.5. The van der Waals surface area contributed by atoms with E-state index in [2.05, 4.69) is 25.7 Å². The van der Waals surface area contributed by atoms with Crippen LogP contribution in [-0.4, -0.2) is 26.7 Å². The zero-order valence-electron chi connectivity index (χ0n) is 16.3. The first kappa shape index (κ1) is 18.5. The number of nitrogens with zero attached hydrogens (tertiary/aromatic N) is 3. The van der Waals surface area contributed by atoms with Gasteiger partial charge >= 0.3 is 0 Å². The summed E-state index contributed by atoms with van der Waals surface area (Å²) in [6.07, 6.45) is 0. The van der Waals surface area contributed by atoms with Crippen molar-refractivity contribution in [3.63, 3.8) is 0 Å². The first-order valence-corrected chi connectivity index (χ1v) is 9.27. The van der Waals surface area contributed by atoms with E-state index in [-0.39, 0.29) is 5.56 Å². The zero-order chi connectivity index (χ0) is 20.2. The number of methoxy groups -OCH3 is 1. The van der Waals surface area contributed by atoms with Crippen LogP contribution in [0.15, 0.2) is 59.4 Å². The Morgan fingerprint density at radius 2 is 1.86 bits per heavy atom. The third kappa shape index (κ3) is 4.37. The molecule has 0 spiro atoms. The molecule has 0 unspecified atom stereocenters. The van der Waals surface area contributed by atoms with Gasteiger partial charge in [-0.25, -0.2) is 4.98 Å². The van der Waals surface area contributed by atoms with Crippen LogP contribution in [-0.2, 0) is 13.1 Å². The number of aromatic amines is 1. The average molecular weight is 390 g/mol. The van der Waals surface area contributed by atoms with Crippen molar-refractivity contribution < 1.29 is 4.74 Å². The highest BCUT2D eigenvalue weighted by Crippen LogP contribution is 2.13. The van der Waals surface area contributed by atoms with Gasteiger partial charge in [0.2, 0.25) is 5.95 Å². The first-order chi connectivity index (χ1) is 14.1. The number of fused-ring (bicyclic) bond motifs is 1. The van der Waals surface area contributed by atoms with E-state index in [0.717, 1.165) is 17.0 Å². The average Bonchev–Trinajstić information content (AvgIpc) is 3.15. The number of aromatic nitrogens is 4. The number of hydrogen-bond donors (Lipinski definition) is 3. The molecule has 29 heavy (non-hydrogen) atoms. The van der Waals surface area contributed by atoms with E-state index in [0.29, 0.717) is 30.5 Å². The zero-order valence-corrected chi connectivity index (χ0v) is 16.3. The number of nitrogens with one attached hydrogen (secondary N) is 3. The van der Waals surface area contributed by atoms with Gasteiger partial charge in [-0.05, 0) is 42.3 Å². The van der Waals surface area contributed by atoms with Crippen LogP contribution in [0.2, 0.25) is 0 Å². The number of benzene rings is 2. The van der Waals surface area contributed by atoms with Crippen LogP contribution in [0.3, 0.4) is 0 Å². The summed E-state index contributed by atoms with van der Waals surface area (Å²) >= 11 is 0. The fourth-order valence-electron chi connectivity index (χ4n) is 2.97. The lowest BCUT2D eigenvalue weighted by Crippen LogP contribution is -2.17. The Balaban J connectivity index is 1.46. The van der Waals surface area contributed by atoms with Crippen molar-refractivity contribution in [3.05, 3.63) is 81.8 Å². The quantitative estimate of drug-likeness (QED) is 0.449. The van der Waals surface area contributed by atoms with Gasteiger partial charge in [-0.3, -0.25) is 9.89 Å².